The summed E-state index contributed by atoms with van der Waals surface area (Å²) in [6, 6.07) is 5.64. The normalized spacial score (nSPS) is 10.4. The average Bonchev–Trinajstić information content (AvgIpc) is 2.80. The van der Waals surface area contributed by atoms with E-state index in [9.17, 15) is 4.79 Å². The minimum absolute atomic E-state index is 0.120. The Morgan fingerprint density at radius 2 is 2.19 bits per heavy atom. The van der Waals surface area contributed by atoms with Gasteiger partial charge in [0.2, 0.25) is 0 Å². The molecule has 2 aromatic heterocycles. The second-order valence-corrected chi connectivity index (χ2v) is 4.96. The smallest absolute Gasteiger partial charge is 0.317 e. The Labute approximate surface area is 124 Å². The molecular formula is C15H20N4O2. The molecule has 2 heterocycles. The van der Waals surface area contributed by atoms with Crippen LogP contribution in [0.4, 0.5) is 4.79 Å². The van der Waals surface area contributed by atoms with E-state index in [2.05, 4.69) is 15.5 Å². The summed E-state index contributed by atoms with van der Waals surface area (Å²) in [5, 5.41) is 6.77. The van der Waals surface area contributed by atoms with Crippen LogP contribution in [0.25, 0.3) is 0 Å². The molecule has 112 valence electrons. The van der Waals surface area contributed by atoms with E-state index < -0.39 is 0 Å². The van der Waals surface area contributed by atoms with Gasteiger partial charge in [0, 0.05) is 37.5 Å². The second kappa shape index (κ2) is 6.88. The number of nitrogens with one attached hydrogen (secondary N) is 1. The van der Waals surface area contributed by atoms with Gasteiger partial charge in [0.15, 0.2) is 0 Å². The molecule has 0 atom stereocenters. The Kier molecular flexibility index (Phi) is 4.92. The zero-order valence-electron chi connectivity index (χ0n) is 12.6. The SMILES string of the molecule is Cc1noc(C)c1CN(C)C(=O)NCCc1ccccn1. The molecule has 0 aromatic carbocycles. The fourth-order valence-corrected chi connectivity index (χ4v) is 2.02. The first-order valence-corrected chi connectivity index (χ1v) is 6.88. The van der Waals surface area contributed by atoms with Crippen LogP contribution < -0.4 is 5.32 Å². The maximum absolute atomic E-state index is 12.0. The fraction of sp³-hybridized carbons (Fsp3) is 0.400. The third-order valence-corrected chi connectivity index (χ3v) is 3.31. The third-order valence-electron chi connectivity index (χ3n) is 3.31. The second-order valence-electron chi connectivity index (χ2n) is 4.96. The number of pyridine rings is 1. The number of rotatable bonds is 5. The molecule has 2 amide bonds. The van der Waals surface area contributed by atoms with Crippen molar-refractivity contribution in [1.82, 2.24) is 20.4 Å². The maximum atomic E-state index is 12.0. The van der Waals surface area contributed by atoms with Gasteiger partial charge < -0.3 is 14.7 Å². The lowest BCUT2D eigenvalue weighted by Crippen LogP contribution is -2.38. The summed E-state index contributed by atoms with van der Waals surface area (Å²) in [6.07, 6.45) is 2.46. The van der Waals surface area contributed by atoms with E-state index in [0.717, 1.165) is 22.7 Å². The lowest BCUT2D eigenvalue weighted by molar-refractivity contribution is 0.207. The Morgan fingerprint density at radius 1 is 1.38 bits per heavy atom. The lowest BCUT2D eigenvalue weighted by Gasteiger charge is -2.17. The highest BCUT2D eigenvalue weighted by Gasteiger charge is 2.14. The zero-order chi connectivity index (χ0) is 15.2. The van der Waals surface area contributed by atoms with Crippen molar-refractivity contribution in [2.24, 2.45) is 0 Å². The van der Waals surface area contributed by atoms with E-state index in [1.54, 1.807) is 18.1 Å². The number of hydrogen-bond acceptors (Lipinski definition) is 4. The van der Waals surface area contributed by atoms with Crippen molar-refractivity contribution in [2.75, 3.05) is 13.6 Å². The number of hydrogen-bond donors (Lipinski definition) is 1. The van der Waals surface area contributed by atoms with Crippen LogP contribution in [0.3, 0.4) is 0 Å². The van der Waals surface area contributed by atoms with E-state index in [1.807, 2.05) is 32.0 Å². The maximum Gasteiger partial charge on any atom is 0.317 e. The van der Waals surface area contributed by atoms with Gasteiger partial charge >= 0.3 is 6.03 Å². The number of urea groups is 1. The quantitative estimate of drug-likeness (QED) is 0.914. The van der Waals surface area contributed by atoms with Crippen LogP contribution in [0.2, 0.25) is 0 Å². The van der Waals surface area contributed by atoms with Crippen LogP contribution in [0.1, 0.15) is 22.7 Å². The first-order valence-electron chi connectivity index (χ1n) is 6.88. The van der Waals surface area contributed by atoms with Gasteiger partial charge in [-0.2, -0.15) is 0 Å². The molecule has 0 fully saturated rings. The molecule has 6 heteroatoms. The molecular weight excluding hydrogens is 268 g/mol. The molecule has 0 radical (unpaired) electrons. The number of aromatic nitrogens is 2. The summed E-state index contributed by atoms with van der Waals surface area (Å²) < 4.78 is 5.10. The Balaban J connectivity index is 1.80. The van der Waals surface area contributed by atoms with Crippen molar-refractivity contribution in [1.29, 1.82) is 0 Å². The van der Waals surface area contributed by atoms with Crippen molar-refractivity contribution in [3.05, 3.63) is 47.1 Å². The summed E-state index contributed by atoms with van der Waals surface area (Å²) in [5.41, 5.74) is 2.74. The standard InChI is InChI=1S/C15H20N4O2/c1-11-14(12(2)21-18-11)10-19(3)15(20)17-9-7-13-6-4-5-8-16-13/h4-6,8H,7,9-10H2,1-3H3,(H,17,20). The number of nitrogens with zero attached hydrogens (tertiary/aromatic N) is 3. The van der Waals surface area contributed by atoms with Crippen LogP contribution in [0, 0.1) is 13.8 Å². The van der Waals surface area contributed by atoms with Crippen LogP contribution in [0.15, 0.2) is 28.9 Å². The summed E-state index contributed by atoms with van der Waals surface area (Å²) >= 11 is 0. The molecule has 21 heavy (non-hydrogen) atoms. The first kappa shape index (κ1) is 15.0. The van der Waals surface area contributed by atoms with Crippen molar-refractivity contribution < 1.29 is 9.32 Å². The topological polar surface area (TPSA) is 71.3 Å². The summed E-state index contributed by atoms with van der Waals surface area (Å²) in [7, 11) is 1.75. The van der Waals surface area contributed by atoms with Gasteiger partial charge in [0.1, 0.15) is 5.76 Å². The number of carbonyl (C=O) groups is 1. The Hall–Kier alpha value is -2.37. The van der Waals surface area contributed by atoms with Gasteiger partial charge in [-0.1, -0.05) is 11.2 Å². The molecule has 0 unspecified atom stereocenters. The summed E-state index contributed by atoms with van der Waals surface area (Å²) in [5.74, 6) is 0.751. The predicted molar refractivity (Wildman–Crippen MR) is 78.8 cm³/mol. The number of aryl methyl sites for hydroxylation is 2. The Bertz CT molecular complexity index is 575. The van der Waals surface area contributed by atoms with Crippen LogP contribution in [-0.4, -0.2) is 34.7 Å². The lowest BCUT2D eigenvalue weighted by atomic mass is 10.2. The zero-order valence-corrected chi connectivity index (χ0v) is 12.6. The van der Waals surface area contributed by atoms with Crippen molar-refractivity contribution in [3.63, 3.8) is 0 Å². The largest absolute Gasteiger partial charge is 0.361 e. The van der Waals surface area contributed by atoms with E-state index in [4.69, 9.17) is 4.52 Å². The molecule has 0 bridgehead atoms. The van der Waals surface area contributed by atoms with E-state index in [1.165, 1.54) is 0 Å². The molecule has 0 aliphatic carbocycles. The molecule has 0 spiro atoms. The van der Waals surface area contributed by atoms with E-state index >= 15 is 0 Å². The molecule has 0 saturated carbocycles. The summed E-state index contributed by atoms with van der Waals surface area (Å²) in [4.78, 5) is 17.9. The van der Waals surface area contributed by atoms with Crippen molar-refractivity contribution in [3.8, 4) is 0 Å². The van der Waals surface area contributed by atoms with Crippen molar-refractivity contribution >= 4 is 6.03 Å². The van der Waals surface area contributed by atoms with E-state index in [0.29, 0.717) is 19.5 Å². The fourth-order valence-electron chi connectivity index (χ4n) is 2.02. The van der Waals surface area contributed by atoms with E-state index in [-0.39, 0.29) is 6.03 Å². The third kappa shape index (κ3) is 4.05. The number of amides is 2. The Morgan fingerprint density at radius 3 is 2.81 bits per heavy atom. The van der Waals surface area contributed by atoms with Gasteiger partial charge in [-0.05, 0) is 26.0 Å². The molecule has 0 saturated heterocycles. The van der Waals surface area contributed by atoms with Gasteiger partial charge in [0.25, 0.3) is 0 Å². The van der Waals surface area contributed by atoms with Gasteiger partial charge in [0.05, 0.1) is 12.2 Å². The van der Waals surface area contributed by atoms with Crippen molar-refractivity contribution in [2.45, 2.75) is 26.8 Å². The molecule has 0 aliphatic heterocycles. The monoisotopic (exact) mass is 288 g/mol. The van der Waals surface area contributed by atoms with Crippen LogP contribution >= 0.6 is 0 Å². The minimum atomic E-state index is -0.120. The molecule has 2 rings (SSSR count). The van der Waals surface area contributed by atoms with Gasteiger partial charge in [-0.15, -0.1) is 0 Å². The highest BCUT2D eigenvalue weighted by atomic mass is 16.5. The van der Waals surface area contributed by atoms with Gasteiger partial charge in [-0.3, -0.25) is 4.98 Å². The molecule has 2 aromatic rings. The average molecular weight is 288 g/mol. The highest BCUT2D eigenvalue weighted by molar-refractivity contribution is 5.73. The molecule has 1 N–H and O–H groups in total. The molecule has 0 aliphatic rings. The molecule has 6 nitrogen and oxygen atoms in total. The minimum Gasteiger partial charge on any atom is -0.361 e. The van der Waals surface area contributed by atoms with Crippen LogP contribution in [-0.2, 0) is 13.0 Å². The first-order chi connectivity index (χ1) is 10.1. The summed E-state index contributed by atoms with van der Waals surface area (Å²) in [6.45, 7) is 4.76. The van der Waals surface area contributed by atoms with Crippen LogP contribution in [0.5, 0.6) is 0 Å². The van der Waals surface area contributed by atoms with Gasteiger partial charge in [-0.25, -0.2) is 4.79 Å². The highest BCUT2D eigenvalue weighted by Crippen LogP contribution is 2.14. The predicted octanol–water partition coefficient (Wildman–Crippen LogP) is 2.07. The number of carbonyl (C=O) groups excluding carboxylic acids is 1.